The molecule has 0 saturated carbocycles. The first kappa shape index (κ1) is 31.5. The van der Waals surface area contributed by atoms with Crippen LogP contribution < -0.4 is 0 Å². The SMILES string of the molecule is c1ccc(-c2ccc(-c3nc(-c4ccc(-c5ccc(-c6ccc7c(c6)ncc6ccccc67)cc5)c5ccccc45)nc4c3sc3ccccc34)cc2)cc1. The van der Waals surface area contributed by atoms with E-state index >= 15 is 0 Å². The Labute approximate surface area is 321 Å². The van der Waals surface area contributed by atoms with Crippen LogP contribution in [0.4, 0.5) is 0 Å². The first-order valence-electron chi connectivity index (χ1n) is 18.5. The molecular weight excluding hydrogens is 687 g/mol. The van der Waals surface area contributed by atoms with Gasteiger partial charge in [0.15, 0.2) is 5.82 Å². The minimum absolute atomic E-state index is 0.731. The van der Waals surface area contributed by atoms with Crippen LogP contribution in [0.5, 0.6) is 0 Å². The van der Waals surface area contributed by atoms with Crippen molar-refractivity contribution in [3.8, 4) is 56.0 Å². The Morgan fingerprint density at radius 2 is 0.964 bits per heavy atom. The lowest BCUT2D eigenvalue weighted by Gasteiger charge is -2.13. The van der Waals surface area contributed by atoms with Gasteiger partial charge in [-0.15, -0.1) is 11.3 Å². The maximum atomic E-state index is 5.37. The molecule has 11 aromatic rings. The van der Waals surface area contributed by atoms with Gasteiger partial charge in [0.2, 0.25) is 0 Å². The average Bonchev–Trinajstić information content (AvgIpc) is 3.64. The fraction of sp³-hybridized carbons (Fsp3) is 0. The molecule has 256 valence electrons. The molecule has 11 rings (SSSR count). The lowest BCUT2D eigenvalue weighted by molar-refractivity contribution is 1.24. The molecule has 0 atom stereocenters. The Morgan fingerprint density at radius 3 is 1.76 bits per heavy atom. The Morgan fingerprint density at radius 1 is 0.382 bits per heavy atom. The molecule has 0 fully saturated rings. The first-order valence-corrected chi connectivity index (χ1v) is 19.3. The molecule has 0 amide bonds. The van der Waals surface area contributed by atoms with Crippen LogP contribution in [0.1, 0.15) is 0 Å². The fourth-order valence-electron chi connectivity index (χ4n) is 7.99. The molecule has 0 aliphatic carbocycles. The van der Waals surface area contributed by atoms with Crippen molar-refractivity contribution in [3.05, 3.63) is 188 Å². The van der Waals surface area contributed by atoms with Gasteiger partial charge in [0.25, 0.3) is 0 Å². The van der Waals surface area contributed by atoms with E-state index in [1.54, 1.807) is 11.3 Å². The Hall–Kier alpha value is -7.01. The van der Waals surface area contributed by atoms with Gasteiger partial charge in [-0.1, -0.05) is 164 Å². The summed E-state index contributed by atoms with van der Waals surface area (Å²) in [6.45, 7) is 0. The third kappa shape index (κ3) is 5.38. The minimum Gasteiger partial charge on any atom is -0.256 e. The van der Waals surface area contributed by atoms with Crippen LogP contribution in [-0.4, -0.2) is 15.0 Å². The van der Waals surface area contributed by atoms with Crippen LogP contribution >= 0.6 is 11.3 Å². The maximum absolute atomic E-state index is 5.37. The van der Waals surface area contributed by atoms with Gasteiger partial charge in [-0.25, -0.2) is 9.97 Å². The molecule has 0 aliphatic rings. The van der Waals surface area contributed by atoms with Crippen LogP contribution in [0.15, 0.2) is 188 Å². The highest BCUT2D eigenvalue weighted by Crippen LogP contribution is 2.42. The van der Waals surface area contributed by atoms with Crippen LogP contribution in [-0.2, 0) is 0 Å². The highest BCUT2D eigenvalue weighted by Gasteiger charge is 2.19. The second kappa shape index (κ2) is 12.8. The Balaban J connectivity index is 1.00. The summed E-state index contributed by atoms with van der Waals surface area (Å²) in [5, 5.41) is 7.01. The second-order valence-corrected chi connectivity index (χ2v) is 15.0. The van der Waals surface area contributed by atoms with Gasteiger partial charge in [-0.3, -0.25) is 4.98 Å². The zero-order chi connectivity index (χ0) is 36.3. The number of thiophene rings is 1. The summed E-state index contributed by atoms with van der Waals surface area (Å²) < 4.78 is 2.32. The van der Waals surface area contributed by atoms with E-state index in [0.29, 0.717) is 0 Å². The average molecular weight is 718 g/mol. The van der Waals surface area contributed by atoms with E-state index < -0.39 is 0 Å². The lowest BCUT2D eigenvalue weighted by Crippen LogP contribution is -1.95. The highest BCUT2D eigenvalue weighted by molar-refractivity contribution is 7.26. The van der Waals surface area contributed by atoms with Gasteiger partial charge in [0.05, 0.1) is 21.4 Å². The summed E-state index contributed by atoms with van der Waals surface area (Å²) in [5.74, 6) is 0.731. The molecule has 0 bridgehead atoms. The van der Waals surface area contributed by atoms with Gasteiger partial charge in [0.1, 0.15) is 0 Å². The van der Waals surface area contributed by atoms with E-state index in [1.807, 2.05) is 6.20 Å². The summed E-state index contributed by atoms with van der Waals surface area (Å²) >= 11 is 1.76. The summed E-state index contributed by atoms with van der Waals surface area (Å²) in [5.41, 5.74) is 12.1. The molecule has 3 nitrogen and oxygen atoms in total. The van der Waals surface area contributed by atoms with Crippen molar-refractivity contribution in [2.75, 3.05) is 0 Å². The normalized spacial score (nSPS) is 11.6. The molecule has 3 aromatic heterocycles. The lowest BCUT2D eigenvalue weighted by atomic mass is 9.93. The monoisotopic (exact) mass is 717 g/mol. The molecule has 0 aliphatic heterocycles. The molecule has 55 heavy (non-hydrogen) atoms. The van der Waals surface area contributed by atoms with Gasteiger partial charge in [-0.2, -0.15) is 0 Å². The fourth-order valence-corrected chi connectivity index (χ4v) is 9.14. The number of hydrogen-bond acceptors (Lipinski definition) is 4. The first-order chi connectivity index (χ1) is 27.2. The molecule has 0 spiro atoms. The number of pyridine rings is 1. The summed E-state index contributed by atoms with van der Waals surface area (Å²) in [6, 6.07) is 64.8. The molecule has 3 heterocycles. The van der Waals surface area contributed by atoms with Crippen molar-refractivity contribution in [2.24, 2.45) is 0 Å². The van der Waals surface area contributed by atoms with Crippen molar-refractivity contribution in [1.82, 2.24) is 15.0 Å². The zero-order valence-corrected chi connectivity index (χ0v) is 30.5. The van der Waals surface area contributed by atoms with Gasteiger partial charge in [-0.05, 0) is 67.7 Å². The summed E-state index contributed by atoms with van der Waals surface area (Å²) in [4.78, 5) is 15.5. The third-order valence-corrected chi connectivity index (χ3v) is 11.9. The maximum Gasteiger partial charge on any atom is 0.161 e. The molecular formula is C51H31N3S. The second-order valence-electron chi connectivity index (χ2n) is 14.0. The van der Waals surface area contributed by atoms with E-state index in [9.17, 15) is 0 Å². The van der Waals surface area contributed by atoms with Gasteiger partial charge >= 0.3 is 0 Å². The summed E-state index contributed by atoms with van der Waals surface area (Å²) in [6.07, 6.45) is 1.97. The van der Waals surface area contributed by atoms with E-state index in [1.165, 1.54) is 37.5 Å². The molecule has 0 saturated heterocycles. The molecule has 0 radical (unpaired) electrons. The number of hydrogen-bond donors (Lipinski definition) is 0. The van der Waals surface area contributed by atoms with Gasteiger partial charge in [0, 0.05) is 38.2 Å². The summed E-state index contributed by atoms with van der Waals surface area (Å²) in [7, 11) is 0. The minimum atomic E-state index is 0.731. The van der Waals surface area contributed by atoms with Crippen LogP contribution in [0.2, 0.25) is 0 Å². The molecule has 0 unspecified atom stereocenters. The largest absolute Gasteiger partial charge is 0.256 e. The van der Waals surface area contributed by atoms with Gasteiger partial charge < -0.3 is 0 Å². The van der Waals surface area contributed by atoms with Crippen molar-refractivity contribution in [3.63, 3.8) is 0 Å². The van der Waals surface area contributed by atoms with Crippen molar-refractivity contribution >= 4 is 64.1 Å². The van der Waals surface area contributed by atoms with Crippen molar-refractivity contribution in [1.29, 1.82) is 0 Å². The Kier molecular flexibility index (Phi) is 7.35. The predicted molar refractivity (Wildman–Crippen MR) is 232 cm³/mol. The number of rotatable bonds is 5. The van der Waals surface area contributed by atoms with Crippen molar-refractivity contribution < 1.29 is 0 Å². The smallest absolute Gasteiger partial charge is 0.161 e. The standard InChI is InChI=1S/C51H31N3S/c1-2-10-32(11-3-1)33-20-24-36(25-21-33)48-50-49(45-16-8-9-17-47(45)55-50)54-51(53-48)44-29-28-40(41-14-6-7-15-42(41)44)35-22-18-34(19-23-35)37-26-27-43-39-13-5-4-12-38(39)31-52-46(43)30-37/h1-31H. The predicted octanol–water partition coefficient (Wildman–Crippen LogP) is 14.0. The number of aromatic nitrogens is 3. The number of nitrogens with zero attached hydrogens (tertiary/aromatic N) is 3. The van der Waals surface area contributed by atoms with Crippen molar-refractivity contribution in [2.45, 2.75) is 0 Å². The third-order valence-electron chi connectivity index (χ3n) is 10.8. The molecule has 4 heteroatoms. The zero-order valence-electron chi connectivity index (χ0n) is 29.6. The topological polar surface area (TPSA) is 38.7 Å². The molecule has 8 aromatic carbocycles. The van der Waals surface area contributed by atoms with Crippen LogP contribution in [0, 0.1) is 0 Å². The van der Waals surface area contributed by atoms with Crippen LogP contribution in [0.25, 0.3) is 109 Å². The van der Waals surface area contributed by atoms with E-state index in [4.69, 9.17) is 15.0 Å². The quantitative estimate of drug-likeness (QED) is 0.166. The highest BCUT2D eigenvalue weighted by atomic mass is 32.1. The molecule has 0 N–H and O–H groups in total. The Bertz CT molecular complexity index is 3240. The van der Waals surface area contributed by atoms with Crippen LogP contribution in [0.3, 0.4) is 0 Å². The van der Waals surface area contributed by atoms with E-state index in [2.05, 4.69) is 182 Å². The van der Waals surface area contributed by atoms with E-state index in [0.717, 1.165) is 71.2 Å². The van der Waals surface area contributed by atoms with E-state index in [-0.39, 0.29) is 0 Å². The number of fused-ring (bicyclic) bond motifs is 7. The number of benzene rings is 8.